The first kappa shape index (κ1) is 20.6. The van der Waals surface area contributed by atoms with Gasteiger partial charge >= 0.3 is 0 Å². The van der Waals surface area contributed by atoms with Crippen molar-refractivity contribution in [1.82, 2.24) is 15.1 Å². The van der Waals surface area contributed by atoms with E-state index in [9.17, 15) is 19.1 Å². The van der Waals surface area contributed by atoms with Gasteiger partial charge in [-0.3, -0.25) is 14.3 Å². The van der Waals surface area contributed by atoms with Crippen molar-refractivity contribution in [2.45, 2.75) is 49.7 Å². The number of aliphatic hydroxyl groups is 1. The fourth-order valence-electron chi connectivity index (χ4n) is 3.86. The maximum absolute atomic E-state index is 13.4. The van der Waals surface area contributed by atoms with Crippen molar-refractivity contribution in [3.63, 3.8) is 0 Å². The number of nitrogen functional groups attached to an aromatic ring is 1. The first-order valence-corrected chi connectivity index (χ1v) is 10.2. The minimum Gasteiger partial charge on any atom is -0.383 e. The molecule has 2 aromatic rings. The summed E-state index contributed by atoms with van der Waals surface area (Å²) in [6, 6.07) is 4.00. The number of carbonyl (C=O) groups is 2. The average Bonchev–Trinajstić information content (AvgIpc) is 3.33. The van der Waals surface area contributed by atoms with Gasteiger partial charge in [0.05, 0.1) is 10.7 Å². The van der Waals surface area contributed by atoms with Crippen molar-refractivity contribution >= 4 is 34.9 Å². The number of rotatable bonds is 5. The summed E-state index contributed by atoms with van der Waals surface area (Å²) in [6.07, 6.45) is 2.79. The van der Waals surface area contributed by atoms with E-state index in [-0.39, 0.29) is 47.1 Å². The number of amides is 2. The molecule has 2 amide bonds. The van der Waals surface area contributed by atoms with Crippen LogP contribution in [0.15, 0.2) is 18.2 Å². The molecule has 2 aliphatic rings. The van der Waals surface area contributed by atoms with E-state index in [1.807, 2.05) is 0 Å². The van der Waals surface area contributed by atoms with Crippen LogP contribution in [-0.2, 0) is 11.8 Å². The van der Waals surface area contributed by atoms with Crippen LogP contribution in [-0.4, -0.2) is 38.3 Å². The van der Waals surface area contributed by atoms with Gasteiger partial charge in [-0.05, 0) is 50.3 Å². The summed E-state index contributed by atoms with van der Waals surface area (Å²) in [5.41, 5.74) is 5.52. The van der Waals surface area contributed by atoms with Gasteiger partial charge in [-0.2, -0.15) is 5.10 Å². The van der Waals surface area contributed by atoms with Gasteiger partial charge < -0.3 is 21.5 Å². The lowest BCUT2D eigenvalue weighted by Gasteiger charge is -2.21. The van der Waals surface area contributed by atoms with E-state index in [0.717, 1.165) is 18.9 Å². The predicted octanol–water partition coefficient (Wildman–Crippen LogP) is 2.32. The molecule has 0 saturated heterocycles. The molecule has 2 fully saturated rings. The molecule has 30 heavy (non-hydrogen) atoms. The van der Waals surface area contributed by atoms with Gasteiger partial charge in [0.1, 0.15) is 22.8 Å². The zero-order valence-corrected chi connectivity index (χ0v) is 17.2. The number of aromatic nitrogens is 2. The highest BCUT2D eigenvalue weighted by Gasteiger charge is 2.47. The van der Waals surface area contributed by atoms with Gasteiger partial charge in [0.15, 0.2) is 0 Å². The van der Waals surface area contributed by atoms with E-state index in [4.69, 9.17) is 17.3 Å². The number of hydrogen-bond donors (Lipinski definition) is 4. The molecule has 0 bridgehead atoms. The average molecular weight is 436 g/mol. The molecular formula is C20H23ClFN5O3. The van der Waals surface area contributed by atoms with Crippen LogP contribution in [0.3, 0.4) is 0 Å². The Morgan fingerprint density at radius 3 is 2.77 bits per heavy atom. The van der Waals surface area contributed by atoms with Crippen LogP contribution in [0.1, 0.15) is 54.1 Å². The van der Waals surface area contributed by atoms with Crippen molar-refractivity contribution in [3.05, 3.63) is 40.3 Å². The molecule has 8 nitrogen and oxygen atoms in total. The highest BCUT2D eigenvalue weighted by molar-refractivity contribution is 6.31. The normalized spacial score (nSPS) is 23.4. The summed E-state index contributed by atoms with van der Waals surface area (Å²) in [6.45, 7) is 0. The van der Waals surface area contributed by atoms with E-state index in [1.54, 1.807) is 7.05 Å². The minimum atomic E-state index is -1.49. The topological polar surface area (TPSA) is 122 Å². The summed E-state index contributed by atoms with van der Waals surface area (Å²) >= 11 is 5.78. The Labute approximate surface area is 177 Å². The summed E-state index contributed by atoms with van der Waals surface area (Å²) in [4.78, 5) is 25.4. The maximum atomic E-state index is 13.4. The zero-order chi connectivity index (χ0) is 21.6. The number of nitrogens with two attached hydrogens (primary N) is 1. The molecule has 0 spiro atoms. The molecule has 160 valence electrons. The van der Waals surface area contributed by atoms with Crippen molar-refractivity contribution in [2.24, 2.45) is 7.05 Å². The molecular weight excluding hydrogens is 413 g/mol. The molecule has 4 rings (SSSR count). The standard InChI is InChI=1S/C20H23ClFN5O3/c1-27-17(23)15(18(28)24-12-4-5-14(22)13(21)8-12)16(26-27)10-6-7-20(30,9-10)19(29)25-11-2-3-11/h4-5,8,10-11,30H,2-3,6-7,9,23H2,1H3,(H,24,28)(H,25,29). The molecule has 1 aromatic heterocycles. The third kappa shape index (κ3) is 3.87. The van der Waals surface area contributed by atoms with E-state index >= 15 is 0 Å². The van der Waals surface area contributed by atoms with E-state index in [0.29, 0.717) is 17.8 Å². The van der Waals surface area contributed by atoms with Gasteiger partial charge in [0.25, 0.3) is 11.8 Å². The number of benzene rings is 1. The van der Waals surface area contributed by atoms with Gasteiger partial charge in [-0.25, -0.2) is 4.39 Å². The summed E-state index contributed by atoms with van der Waals surface area (Å²) < 4.78 is 14.8. The largest absolute Gasteiger partial charge is 0.383 e. The lowest BCUT2D eigenvalue weighted by Crippen LogP contribution is -2.45. The smallest absolute Gasteiger partial charge is 0.261 e. The fraction of sp³-hybridized carbons (Fsp3) is 0.450. The molecule has 2 unspecified atom stereocenters. The third-order valence-corrected chi connectivity index (χ3v) is 6.03. The molecule has 2 atom stereocenters. The Balaban J connectivity index is 1.56. The SMILES string of the molecule is Cn1nc(C2CCC(O)(C(=O)NC3CC3)C2)c(C(=O)Nc2ccc(F)c(Cl)c2)c1N. The molecule has 10 heteroatoms. The van der Waals surface area contributed by atoms with Gasteiger partial charge in [-0.15, -0.1) is 0 Å². The van der Waals surface area contributed by atoms with Gasteiger partial charge in [0, 0.05) is 24.7 Å². The van der Waals surface area contributed by atoms with Gasteiger partial charge in [0.2, 0.25) is 0 Å². The molecule has 1 heterocycles. The number of anilines is 2. The van der Waals surface area contributed by atoms with Crippen LogP contribution in [0.4, 0.5) is 15.9 Å². The lowest BCUT2D eigenvalue weighted by molar-refractivity contribution is -0.139. The molecule has 1 aromatic carbocycles. The lowest BCUT2D eigenvalue weighted by atomic mass is 9.95. The number of halogens is 2. The van der Waals surface area contributed by atoms with Crippen molar-refractivity contribution in [3.8, 4) is 0 Å². The maximum Gasteiger partial charge on any atom is 0.261 e. The van der Waals surface area contributed by atoms with Crippen molar-refractivity contribution in [2.75, 3.05) is 11.1 Å². The van der Waals surface area contributed by atoms with Crippen LogP contribution >= 0.6 is 11.6 Å². The van der Waals surface area contributed by atoms with Crippen LogP contribution in [0, 0.1) is 5.82 Å². The Hall–Kier alpha value is -2.65. The van der Waals surface area contributed by atoms with Crippen LogP contribution in [0.25, 0.3) is 0 Å². The molecule has 0 radical (unpaired) electrons. The number of nitrogens with zero attached hydrogens (tertiary/aromatic N) is 2. The number of nitrogens with one attached hydrogen (secondary N) is 2. The molecule has 2 saturated carbocycles. The second-order valence-electron chi connectivity index (χ2n) is 8.07. The second kappa shape index (κ2) is 7.55. The fourth-order valence-corrected chi connectivity index (χ4v) is 4.04. The van der Waals surface area contributed by atoms with E-state index in [1.165, 1.54) is 16.8 Å². The van der Waals surface area contributed by atoms with Crippen LogP contribution < -0.4 is 16.4 Å². The Morgan fingerprint density at radius 2 is 2.10 bits per heavy atom. The monoisotopic (exact) mass is 435 g/mol. The minimum absolute atomic E-state index is 0.116. The summed E-state index contributed by atoms with van der Waals surface area (Å²) in [5.74, 6) is -1.62. The van der Waals surface area contributed by atoms with E-state index < -0.39 is 17.3 Å². The van der Waals surface area contributed by atoms with Gasteiger partial charge in [-0.1, -0.05) is 11.6 Å². The van der Waals surface area contributed by atoms with Crippen LogP contribution in [0.2, 0.25) is 5.02 Å². The Bertz CT molecular complexity index is 1020. The zero-order valence-electron chi connectivity index (χ0n) is 16.4. The van der Waals surface area contributed by atoms with Crippen molar-refractivity contribution in [1.29, 1.82) is 0 Å². The molecule has 2 aliphatic carbocycles. The predicted molar refractivity (Wildman–Crippen MR) is 110 cm³/mol. The summed E-state index contributed by atoms with van der Waals surface area (Å²) in [5, 5.41) is 20.6. The van der Waals surface area contributed by atoms with Crippen LogP contribution in [0.5, 0.6) is 0 Å². The number of aryl methyl sites for hydroxylation is 1. The summed E-state index contributed by atoms with van der Waals surface area (Å²) in [7, 11) is 1.62. The number of hydrogen-bond acceptors (Lipinski definition) is 5. The Morgan fingerprint density at radius 1 is 1.37 bits per heavy atom. The Kier molecular flexibility index (Phi) is 5.19. The first-order chi connectivity index (χ1) is 14.2. The highest BCUT2D eigenvalue weighted by atomic mass is 35.5. The second-order valence-corrected chi connectivity index (χ2v) is 8.48. The third-order valence-electron chi connectivity index (χ3n) is 5.74. The molecule has 0 aliphatic heterocycles. The van der Waals surface area contributed by atoms with E-state index in [2.05, 4.69) is 15.7 Å². The molecule has 5 N–H and O–H groups in total. The number of carbonyl (C=O) groups excluding carboxylic acids is 2. The highest BCUT2D eigenvalue weighted by Crippen LogP contribution is 2.43. The quantitative estimate of drug-likeness (QED) is 0.574. The van der Waals surface area contributed by atoms with Crippen molar-refractivity contribution < 1.29 is 19.1 Å². The first-order valence-electron chi connectivity index (χ1n) is 9.80.